The first-order valence-corrected chi connectivity index (χ1v) is 5.52. The molecule has 0 unspecified atom stereocenters. The number of carbonyl (C=O) groups excluding carboxylic acids is 1. The first kappa shape index (κ1) is 9.75. The third-order valence-electron chi connectivity index (χ3n) is 3.50. The number of hydrogen-bond acceptors (Lipinski definition) is 2. The molecule has 0 radical (unpaired) electrons. The molecule has 0 bridgehead atoms. The van der Waals surface area contributed by atoms with Gasteiger partial charge >= 0.3 is 0 Å². The fraction of sp³-hybridized carbons (Fsp3) is 0.750. The van der Waals surface area contributed by atoms with Crippen molar-refractivity contribution in [1.29, 1.82) is 0 Å². The molecule has 2 heteroatoms. The molecule has 2 aliphatic rings. The number of methoxy groups -OCH3 is 1. The van der Waals surface area contributed by atoms with Crippen LogP contribution in [0.2, 0.25) is 0 Å². The zero-order valence-corrected chi connectivity index (χ0v) is 8.84. The second-order valence-corrected chi connectivity index (χ2v) is 4.63. The lowest BCUT2D eigenvalue weighted by Crippen LogP contribution is -2.29. The minimum atomic E-state index is 0.166. The van der Waals surface area contributed by atoms with E-state index in [1.165, 1.54) is 32.1 Å². The predicted molar refractivity (Wildman–Crippen MR) is 54.9 cm³/mol. The van der Waals surface area contributed by atoms with Crippen molar-refractivity contribution < 1.29 is 9.53 Å². The van der Waals surface area contributed by atoms with E-state index in [4.69, 9.17) is 4.74 Å². The summed E-state index contributed by atoms with van der Waals surface area (Å²) < 4.78 is 5.23. The summed E-state index contributed by atoms with van der Waals surface area (Å²) in [6, 6.07) is 0. The molecule has 0 aliphatic heterocycles. The molecule has 0 aromatic carbocycles. The Hall–Kier alpha value is -0.790. The largest absolute Gasteiger partial charge is 0.501 e. The fourth-order valence-corrected chi connectivity index (χ4v) is 2.80. The van der Waals surface area contributed by atoms with Crippen molar-refractivity contribution >= 4 is 5.78 Å². The third kappa shape index (κ3) is 1.84. The molecular formula is C12H18O2. The number of allylic oxidation sites excluding steroid dienone is 2. The summed E-state index contributed by atoms with van der Waals surface area (Å²) >= 11 is 0. The summed E-state index contributed by atoms with van der Waals surface area (Å²) in [6.07, 6.45) is 9.69. The summed E-state index contributed by atoms with van der Waals surface area (Å²) in [5.74, 6) is 1.24. The van der Waals surface area contributed by atoms with Crippen LogP contribution in [-0.2, 0) is 9.53 Å². The average molecular weight is 194 g/mol. The Morgan fingerprint density at radius 3 is 2.64 bits per heavy atom. The lowest BCUT2D eigenvalue weighted by atomic mass is 9.68. The predicted octanol–water partition coefficient (Wildman–Crippen LogP) is 2.83. The Labute approximate surface area is 85.3 Å². The summed E-state index contributed by atoms with van der Waals surface area (Å²) in [7, 11) is 1.67. The SMILES string of the molecule is COC1=CC2(CCCCC2)CC(=O)C1. The summed E-state index contributed by atoms with van der Waals surface area (Å²) in [5, 5.41) is 0. The Balaban J connectivity index is 2.20. The Bertz CT molecular complexity index is 259. The maximum atomic E-state index is 11.6. The van der Waals surface area contributed by atoms with Gasteiger partial charge in [0.15, 0.2) is 0 Å². The molecule has 2 nitrogen and oxygen atoms in total. The van der Waals surface area contributed by atoms with Gasteiger partial charge in [-0.2, -0.15) is 0 Å². The highest BCUT2D eigenvalue weighted by molar-refractivity contribution is 5.82. The molecule has 0 aromatic heterocycles. The normalized spacial score (nSPS) is 26.1. The smallest absolute Gasteiger partial charge is 0.141 e. The number of Topliss-reactive ketones (excluding diaryl/α,β-unsaturated/α-hetero) is 1. The fourth-order valence-electron chi connectivity index (χ4n) is 2.80. The topological polar surface area (TPSA) is 26.3 Å². The zero-order valence-electron chi connectivity index (χ0n) is 8.84. The van der Waals surface area contributed by atoms with E-state index in [1.807, 2.05) is 0 Å². The molecule has 78 valence electrons. The standard InChI is InChI=1S/C12H18O2/c1-14-11-7-10(13)8-12(9-11)5-3-2-4-6-12/h9H,2-8H2,1H3. The molecule has 0 amide bonds. The molecule has 2 rings (SSSR count). The molecule has 0 heterocycles. The molecule has 0 atom stereocenters. The molecule has 1 fully saturated rings. The second kappa shape index (κ2) is 3.76. The van der Waals surface area contributed by atoms with Crippen LogP contribution in [0.25, 0.3) is 0 Å². The first-order chi connectivity index (χ1) is 6.74. The van der Waals surface area contributed by atoms with Gasteiger partial charge in [0.1, 0.15) is 5.78 Å². The Morgan fingerprint density at radius 2 is 2.00 bits per heavy atom. The van der Waals surface area contributed by atoms with E-state index < -0.39 is 0 Å². The van der Waals surface area contributed by atoms with Gasteiger partial charge in [-0.3, -0.25) is 4.79 Å². The molecule has 0 aromatic rings. The molecule has 0 N–H and O–H groups in total. The van der Waals surface area contributed by atoms with Crippen LogP contribution in [-0.4, -0.2) is 12.9 Å². The zero-order chi connectivity index (χ0) is 10.0. The van der Waals surface area contributed by atoms with E-state index in [0.29, 0.717) is 12.2 Å². The molecule has 1 saturated carbocycles. The van der Waals surface area contributed by atoms with Crippen LogP contribution in [0.5, 0.6) is 0 Å². The van der Waals surface area contributed by atoms with Crippen LogP contribution in [0.3, 0.4) is 0 Å². The van der Waals surface area contributed by atoms with Gasteiger partial charge in [-0.1, -0.05) is 19.3 Å². The van der Waals surface area contributed by atoms with Crippen molar-refractivity contribution in [1.82, 2.24) is 0 Å². The number of ether oxygens (including phenoxy) is 1. The highest BCUT2D eigenvalue weighted by Crippen LogP contribution is 2.44. The quantitative estimate of drug-likeness (QED) is 0.641. The molecule has 1 spiro atoms. The van der Waals surface area contributed by atoms with Gasteiger partial charge in [0, 0.05) is 6.42 Å². The van der Waals surface area contributed by atoms with Gasteiger partial charge < -0.3 is 4.74 Å². The van der Waals surface area contributed by atoms with Crippen molar-refractivity contribution in [2.75, 3.05) is 7.11 Å². The minimum absolute atomic E-state index is 0.166. The van der Waals surface area contributed by atoms with E-state index >= 15 is 0 Å². The lowest BCUT2D eigenvalue weighted by molar-refractivity contribution is -0.122. The Morgan fingerprint density at radius 1 is 1.29 bits per heavy atom. The summed E-state index contributed by atoms with van der Waals surface area (Å²) in [4.78, 5) is 11.6. The van der Waals surface area contributed by atoms with Gasteiger partial charge in [-0.05, 0) is 24.3 Å². The summed E-state index contributed by atoms with van der Waals surface area (Å²) in [6.45, 7) is 0. The molecule has 0 saturated heterocycles. The number of ketones is 1. The van der Waals surface area contributed by atoms with Gasteiger partial charge in [-0.15, -0.1) is 0 Å². The van der Waals surface area contributed by atoms with Gasteiger partial charge in [0.05, 0.1) is 19.3 Å². The van der Waals surface area contributed by atoms with Crippen LogP contribution in [0.4, 0.5) is 0 Å². The number of hydrogen-bond donors (Lipinski definition) is 0. The number of carbonyl (C=O) groups is 1. The maximum Gasteiger partial charge on any atom is 0.141 e. The third-order valence-corrected chi connectivity index (χ3v) is 3.50. The van der Waals surface area contributed by atoms with Crippen molar-refractivity contribution in [3.8, 4) is 0 Å². The van der Waals surface area contributed by atoms with Gasteiger partial charge in [0.25, 0.3) is 0 Å². The maximum absolute atomic E-state index is 11.6. The van der Waals surface area contributed by atoms with Gasteiger partial charge in [0.2, 0.25) is 0 Å². The molecular weight excluding hydrogens is 176 g/mol. The van der Waals surface area contributed by atoms with Crippen LogP contribution in [0, 0.1) is 5.41 Å². The van der Waals surface area contributed by atoms with E-state index in [1.54, 1.807) is 7.11 Å². The highest BCUT2D eigenvalue weighted by atomic mass is 16.5. The van der Waals surface area contributed by atoms with E-state index in [9.17, 15) is 4.79 Å². The summed E-state index contributed by atoms with van der Waals surface area (Å²) in [5.41, 5.74) is 0.166. The van der Waals surface area contributed by atoms with Gasteiger partial charge in [-0.25, -0.2) is 0 Å². The van der Waals surface area contributed by atoms with Crippen molar-refractivity contribution in [3.05, 3.63) is 11.8 Å². The number of rotatable bonds is 1. The highest BCUT2D eigenvalue weighted by Gasteiger charge is 2.36. The van der Waals surface area contributed by atoms with Crippen molar-refractivity contribution in [2.24, 2.45) is 5.41 Å². The molecule has 2 aliphatic carbocycles. The van der Waals surface area contributed by atoms with E-state index in [0.717, 1.165) is 12.2 Å². The Kier molecular flexibility index (Phi) is 2.62. The lowest BCUT2D eigenvalue weighted by Gasteiger charge is -2.37. The van der Waals surface area contributed by atoms with Crippen LogP contribution in [0.1, 0.15) is 44.9 Å². The minimum Gasteiger partial charge on any atom is -0.501 e. The van der Waals surface area contributed by atoms with E-state index in [2.05, 4.69) is 6.08 Å². The van der Waals surface area contributed by atoms with Crippen molar-refractivity contribution in [2.45, 2.75) is 44.9 Å². The van der Waals surface area contributed by atoms with Crippen LogP contribution in [0.15, 0.2) is 11.8 Å². The average Bonchev–Trinajstić information content (AvgIpc) is 2.17. The first-order valence-electron chi connectivity index (χ1n) is 5.52. The second-order valence-electron chi connectivity index (χ2n) is 4.63. The van der Waals surface area contributed by atoms with Crippen molar-refractivity contribution in [3.63, 3.8) is 0 Å². The van der Waals surface area contributed by atoms with E-state index in [-0.39, 0.29) is 5.41 Å². The molecule has 14 heavy (non-hydrogen) atoms. The van der Waals surface area contributed by atoms with Crippen LogP contribution < -0.4 is 0 Å². The monoisotopic (exact) mass is 194 g/mol. The van der Waals surface area contributed by atoms with Crippen LogP contribution >= 0.6 is 0 Å².